The average molecular weight is 287 g/mol. The second-order valence-corrected chi connectivity index (χ2v) is 5.25. The zero-order chi connectivity index (χ0) is 15.0. The standard InChI is InChI=1S/C15H17N3O3/c1-9-4-5-13(20-3)12(6-9)18-8-11(7-14(18)19)15-16-10(2)21-17-15/h4-6,11H,7-8H2,1-3H3. The number of nitrogens with zero attached hydrogens (tertiary/aromatic N) is 3. The number of carbonyl (C=O) groups is 1. The van der Waals surface area contributed by atoms with Crippen molar-refractivity contribution in [3.63, 3.8) is 0 Å². The minimum absolute atomic E-state index is 0.0415. The van der Waals surface area contributed by atoms with Gasteiger partial charge in [-0.25, -0.2) is 0 Å². The third-order valence-electron chi connectivity index (χ3n) is 3.66. The SMILES string of the molecule is COc1ccc(C)cc1N1CC(c2noc(C)n2)CC1=O. The predicted octanol–water partition coefficient (Wildman–Crippen LogP) is 2.22. The van der Waals surface area contributed by atoms with Gasteiger partial charge >= 0.3 is 0 Å². The van der Waals surface area contributed by atoms with Crippen LogP contribution in [0.25, 0.3) is 0 Å². The summed E-state index contributed by atoms with van der Waals surface area (Å²) in [7, 11) is 1.61. The van der Waals surface area contributed by atoms with E-state index in [4.69, 9.17) is 9.26 Å². The highest BCUT2D eigenvalue weighted by Crippen LogP contribution is 2.36. The van der Waals surface area contributed by atoms with Crippen molar-refractivity contribution in [1.29, 1.82) is 0 Å². The summed E-state index contributed by atoms with van der Waals surface area (Å²) in [5.41, 5.74) is 1.88. The van der Waals surface area contributed by atoms with Crippen LogP contribution in [0.5, 0.6) is 5.75 Å². The van der Waals surface area contributed by atoms with E-state index in [2.05, 4.69) is 10.1 Å². The van der Waals surface area contributed by atoms with Gasteiger partial charge in [-0.1, -0.05) is 11.2 Å². The highest BCUT2D eigenvalue weighted by molar-refractivity contribution is 5.97. The molecule has 1 aromatic carbocycles. The molecular formula is C15H17N3O3. The van der Waals surface area contributed by atoms with Crippen LogP contribution in [0.2, 0.25) is 0 Å². The first-order valence-electron chi connectivity index (χ1n) is 6.83. The lowest BCUT2D eigenvalue weighted by Crippen LogP contribution is -2.25. The Hall–Kier alpha value is -2.37. The molecule has 3 rings (SSSR count). The van der Waals surface area contributed by atoms with Gasteiger partial charge in [-0.3, -0.25) is 4.79 Å². The Bertz CT molecular complexity index is 681. The molecule has 110 valence electrons. The molecule has 0 N–H and O–H groups in total. The molecule has 0 saturated carbocycles. The van der Waals surface area contributed by atoms with Crippen molar-refractivity contribution in [2.75, 3.05) is 18.6 Å². The molecule has 1 aliphatic heterocycles. The first-order chi connectivity index (χ1) is 10.1. The summed E-state index contributed by atoms with van der Waals surface area (Å²) in [6.07, 6.45) is 0.385. The summed E-state index contributed by atoms with van der Waals surface area (Å²) in [5, 5.41) is 3.92. The number of aryl methyl sites for hydroxylation is 2. The fourth-order valence-electron chi connectivity index (χ4n) is 2.61. The molecule has 1 unspecified atom stereocenters. The minimum atomic E-state index is -0.0415. The van der Waals surface area contributed by atoms with Crippen LogP contribution >= 0.6 is 0 Å². The van der Waals surface area contributed by atoms with Crippen molar-refractivity contribution in [1.82, 2.24) is 10.1 Å². The Labute approximate surface area is 122 Å². The normalized spacial score (nSPS) is 18.3. The van der Waals surface area contributed by atoms with E-state index in [-0.39, 0.29) is 11.8 Å². The number of hydrogen-bond donors (Lipinski definition) is 0. The van der Waals surface area contributed by atoms with Gasteiger partial charge in [0.25, 0.3) is 0 Å². The van der Waals surface area contributed by atoms with Crippen molar-refractivity contribution >= 4 is 11.6 Å². The first-order valence-corrected chi connectivity index (χ1v) is 6.83. The maximum Gasteiger partial charge on any atom is 0.227 e. The second-order valence-electron chi connectivity index (χ2n) is 5.25. The fraction of sp³-hybridized carbons (Fsp3) is 0.400. The maximum absolute atomic E-state index is 12.3. The molecule has 1 amide bonds. The molecule has 6 nitrogen and oxygen atoms in total. The second kappa shape index (κ2) is 5.20. The van der Waals surface area contributed by atoms with Crippen molar-refractivity contribution in [2.24, 2.45) is 0 Å². The topological polar surface area (TPSA) is 68.5 Å². The van der Waals surface area contributed by atoms with E-state index in [1.54, 1.807) is 18.9 Å². The maximum atomic E-state index is 12.3. The summed E-state index contributed by atoms with van der Waals surface area (Å²) < 4.78 is 10.4. The molecule has 0 radical (unpaired) electrons. The highest BCUT2D eigenvalue weighted by atomic mass is 16.5. The Kier molecular flexibility index (Phi) is 3.37. The van der Waals surface area contributed by atoms with Gasteiger partial charge in [-0.05, 0) is 24.6 Å². The van der Waals surface area contributed by atoms with Crippen LogP contribution < -0.4 is 9.64 Å². The molecule has 2 aromatic rings. The molecule has 1 aliphatic rings. The third kappa shape index (κ3) is 2.49. The van der Waals surface area contributed by atoms with Crippen LogP contribution in [-0.2, 0) is 4.79 Å². The van der Waals surface area contributed by atoms with Gasteiger partial charge in [0.05, 0.1) is 12.8 Å². The Morgan fingerprint density at radius 2 is 2.19 bits per heavy atom. The first kappa shape index (κ1) is 13.6. The molecule has 21 heavy (non-hydrogen) atoms. The van der Waals surface area contributed by atoms with E-state index < -0.39 is 0 Å². The molecule has 0 aliphatic carbocycles. The van der Waals surface area contributed by atoms with Crippen LogP contribution in [-0.4, -0.2) is 29.7 Å². The van der Waals surface area contributed by atoms with Crippen LogP contribution in [0.3, 0.4) is 0 Å². The van der Waals surface area contributed by atoms with Gasteiger partial charge in [0, 0.05) is 25.8 Å². The number of ether oxygens (including phenoxy) is 1. The predicted molar refractivity (Wildman–Crippen MR) is 76.5 cm³/mol. The Morgan fingerprint density at radius 3 is 2.86 bits per heavy atom. The Morgan fingerprint density at radius 1 is 1.38 bits per heavy atom. The number of carbonyl (C=O) groups excluding carboxylic acids is 1. The highest BCUT2D eigenvalue weighted by Gasteiger charge is 2.35. The van der Waals surface area contributed by atoms with Crippen molar-refractivity contribution < 1.29 is 14.1 Å². The smallest absolute Gasteiger partial charge is 0.227 e. The summed E-state index contributed by atoms with van der Waals surface area (Å²) in [5.74, 6) is 1.81. The molecule has 2 heterocycles. The van der Waals surface area contributed by atoms with Crippen LogP contribution in [0.4, 0.5) is 5.69 Å². The average Bonchev–Trinajstić information content (AvgIpc) is 3.05. The quantitative estimate of drug-likeness (QED) is 0.865. The van der Waals surface area contributed by atoms with Crippen molar-refractivity contribution in [3.8, 4) is 5.75 Å². The van der Waals surface area contributed by atoms with E-state index in [1.807, 2.05) is 25.1 Å². The summed E-state index contributed by atoms with van der Waals surface area (Å²) in [4.78, 5) is 18.3. The Balaban J connectivity index is 1.90. The van der Waals surface area contributed by atoms with E-state index in [9.17, 15) is 4.79 Å². The minimum Gasteiger partial charge on any atom is -0.495 e. The van der Waals surface area contributed by atoms with Gasteiger partial charge in [0.1, 0.15) is 5.75 Å². The number of amides is 1. The van der Waals surface area contributed by atoms with E-state index in [1.165, 1.54) is 0 Å². The van der Waals surface area contributed by atoms with Gasteiger partial charge < -0.3 is 14.2 Å². The number of anilines is 1. The number of benzene rings is 1. The number of hydrogen-bond acceptors (Lipinski definition) is 5. The largest absolute Gasteiger partial charge is 0.495 e. The fourth-order valence-corrected chi connectivity index (χ4v) is 2.61. The lowest BCUT2D eigenvalue weighted by Gasteiger charge is -2.19. The van der Waals surface area contributed by atoms with Gasteiger partial charge in [0.2, 0.25) is 11.8 Å². The van der Waals surface area contributed by atoms with E-state index in [0.29, 0.717) is 30.4 Å². The van der Waals surface area contributed by atoms with Gasteiger partial charge in [-0.15, -0.1) is 0 Å². The molecule has 1 atom stereocenters. The monoisotopic (exact) mass is 287 g/mol. The zero-order valence-electron chi connectivity index (χ0n) is 12.3. The molecule has 1 saturated heterocycles. The molecule has 0 spiro atoms. The summed E-state index contributed by atoms with van der Waals surface area (Å²) >= 11 is 0. The zero-order valence-corrected chi connectivity index (χ0v) is 12.3. The lowest BCUT2D eigenvalue weighted by molar-refractivity contribution is -0.117. The molecule has 1 aromatic heterocycles. The van der Waals surface area contributed by atoms with Gasteiger partial charge in [0.15, 0.2) is 5.82 Å². The summed E-state index contributed by atoms with van der Waals surface area (Å²) in [6, 6.07) is 5.80. The van der Waals surface area contributed by atoms with Crippen LogP contribution in [0.15, 0.2) is 22.7 Å². The molecule has 0 bridgehead atoms. The van der Waals surface area contributed by atoms with Crippen LogP contribution in [0.1, 0.15) is 29.6 Å². The lowest BCUT2D eigenvalue weighted by atomic mass is 10.1. The molecule has 6 heteroatoms. The van der Waals surface area contributed by atoms with E-state index in [0.717, 1.165) is 11.3 Å². The van der Waals surface area contributed by atoms with Gasteiger partial charge in [-0.2, -0.15) is 4.98 Å². The van der Waals surface area contributed by atoms with Crippen molar-refractivity contribution in [3.05, 3.63) is 35.5 Å². The van der Waals surface area contributed by atoms with Crippen molar-refractivity contribution in [2.45, 2.75) is 26.2 Å². The third-order valence-corrected chi connectivity index (χ3v) is 3.66. The summed E-state index contributed by atoms with van der Waals surface area (Å²) in [6.45, 7) is 4.27. The van der Waals surface area contributed by atoms with Crippen LogP contribution in [0, 0.1) is 13.8 Å². The number of aromatic nitrogens is 2. The number of rotatable bonds is 3. The van der Waals surface area contributed by atoms with E-state index >= 15 is 0 Å². The molecule has 1 fully saturated rings. The number of methoxy groups -OCH3 is 1. The molecular weight excluding hydrogens is 270 g/mol.